The van der Waals surface area contributed by atoms with Crippen molar-refractivity contribution in [3.8, 4) is 11.6 Å². The standard InChI is InChI=1S/C22H28N4O5/c1-4-7-12-25-21(29)19(20(28)23-22(25)30)15-13-16(26(24-15)18(27)5-2)14-10-8-9-11-17(14)31-6-3/h8-11,16,29H,4-7,12-13H2,1-3H3,(H,23,28,30)/t16-/m0/s1. The van der Waals surface area contributed by atoms with E-state index in [2.05, 4.69) is 10.1 Å². The van der Waals surface area contributed by atoms with Gasteiger partial charge in [0.15, 0.2) is 0 Å². The summed E-state index contributed by atoms with van der Waals surface area (Å²) in [7, 11) is 0. The molecule has 2 N–H and O–H groups in total. The van der Waals surface area contributed by atoms with Gasteiger partial charge < -0.3 is 9.84 Å². The van der Waals surface area contributed by atoms with Crippen LogP contribution in [0.5, 0.6) is 11.6 Å². The molecule has 0 saturated carbocycles. The summed E-state index contributed by atoms with van der Waals surface area (Å²) in [5.41, 5.74) is -0.460. The first-order chi connectivity index (χ1) is 14.9. The minimum Gasteiger partial charge on any atom is -0.494 e. The molecule has 3 rings (SSSR count). The quantitative estimate of drug-likeness (QED) is 0.670. The number of nitrogens with zero attached hydrogens (tertiary/aromatic N) is 3. The molecule has 1 aromatic carbocycles. The Balaban J connectivity index is 2.09. The average molecular weight is 428 g/mol. The number of hydrazone groups is 1. The lowest BCUT2D eigenvalue weighted by molar-refractivity contribution is -0.132. The van der Waals surface area contributed by atoms with Gasteiger partial charge in [-0.1, -0.05) is 38.5 Å². The van der Waals surface area contributed by atoms with Crippen molar-refractivity contribution in [1.82, 2.24) is 14.6 Å². The van der Waals surface area contributed by atoms with Gasteiger partial charge in [-0.25, -0.2) is 9.80 Å². The maximum atomic E-state index is 12.7. The van der Waals surface area contributed by atoms with Crippen LogP contribution in [0.25, 0.3) is 0 Å². The Labute approximate surface area is 180 Å². The van der Waals surface area contributed by atoms with Crippen LogP contribution in [-0.2, 0) is 11.3 Å². The van der Waals surface area contributed by atoms with Crippen LogP contribution in [-0.4, -0.2) is 37.9 Å². The predicted molar refractivity (Wildman–Crippen MR) is 117 cm³/mol. The molecule has 0 saturated heterocycles. The van der Waals surface area contributed by atoms with E-state index >= 15 is 0 Å². The molecular formula is C22H28N4O5. The van der Waals surface area contributed by atoms with Gasteiger partial charge in [0.2, 0.25) is 11.8 Å². The van der Waals surface area contributed by atoms with E-state index in [0.717, 1.165) is 16.6 Å². The predicted octanol–water partition coefficient (Wildman–Crippen LogP) is 2.53. The zero-order valence-electron chi connectivity index (χ0n) is 18.1. The normalized spacial score (nSPS) is 15.8. The fourth-order valence-electron chi connectivity index (χ4n) is 3.68. The second-order valence-electron chi connectivity index (χ2n) is 7.29. The SMILES string of the molecule is CCCCn1c(O)c(C2=NN(C(=O)CC)[C@H](c3ccccc3OCC)C2)c(=O)[nH]c1=O. The summed E-state index contributed by atoms with van der Waals surface area (Å²) in [4.78, 5) is 39.7. The summed E-state index contributed by atoms with van der Waals surface area (Å²) in [5, 5.41) is 16.5. The zero-order valence-corrected chi connectivity index (χ0v) is 18.1. The maximum absolute atomic E-state index is 12.7. The minimum atomic E-state index is -0.725. The highest BCUT2D eigenvalue weighted by atomic mass is 16.5. The van der Waals surface area contributed by atoms with E-state index in [-0.39, 0.29) is 36.6 Å². The topological polar surface area (TPSA) is 117 Å². The number of amides is 1. The van der Waals surface area contributed by atoms with Crippen molar-refractivity contribution in [1.29, 1.82) is 0 Å². The second kappa shape index (κ2) is 9.63. The van der Waals surface area contributed by atoms with Gasteiger partial charge in [0.1, 0.15) is 11.3 Å². The van der Waals surface area contributed by atoms with Crippen molar-refractivity contribution in [3.63, 3.8) is 0 Å². The molecule has 1 amide bonds. The molecule has 0 radical (unpaired) electrons. The third-order valence-electron chi connectivity index (χ3n) is 5.24. The van der Waals surface area contributed by atoms with Gasteiger partial charge in [-0.15, -0.1) is 0 Å². The highest BCUT2D eigenvalue weighted by Crippen LogP contribution is 2.38. The van der Waals surface area contributed by atoms with Crippen LogP contribution in [0.4, 0.5) is 0 Å². The number of hydrogen-bond donors (Lipinski definition) is 2. The van der Waals surface area contributed by atoms with Crippen molar-refractivity contribution < 1.29 is 14.6 Å². The molecule has 0 spiro atoms. The summed E-state index contributed by atoms with van der Waals surface area (Å²) in [6.45, 7) is 6.30. The van der Waals surface area contributed by atoms with Crippen molar-refractivity contribution in [2.45, 2.75) is 59.0 Å². The van der Waals surface area contributed by atoms with Gasteiger partial charge in [-0.3, -0.25) is 19.1 Å². The largest absolute Gasteiger partial charge is 0.494 e. The number of rotatable bonds is 8. The highest BCUT2D eigenvalue weighted by molar-refractivity contribution is 6.04. The fourth-order valence-corrected chi connectivity index (χ4v) is 3.68. The number of ether oxygens (including phenoxy) is 1. The third kappa shape index (κ3) is 4.40. The van der Waals surface area contributed by atoms with Gasteiger partial charge in [0, 0.05) is 24.9 Å². The van der Waals surface area contributed by atoms with Gasteiger partial charge in [-0.2, -0.15) is 5.10 Å². The summed E-state index contributed by atoms with van der Waals surface area (Å²) < 4.78 is 6.86. The minimum absolute atomic E-state index is 0.0824. The number of benzene rings is 1. The van der Waals surface area contributed by atoms with E-state index in [9.17, 15) is 19.5 Å². The van der Waals surface area contributed by atoms with Crippen LogP contribution >= 0.6 is 0 Å². The molecule has 31 heavy (non-hydrogen) atoms. The van der Waals surface area contributed by atoms with E-state index in [1.165, 1.54) is 5.01 Å². The number of aromatic nitrogens is 2. The lowest BCUT2D eigenvalue weighted by atomic mass is 9.98. The number of hydrogen-bond acceptors (Lipinski definition) is 6. The molecule has 1 aliphatic heterocycles. The Kier molecular flexibility index (Phi) is 6.94. The van der Waals surface area contributed by atoms with E-state index in [4.69, 9.17) is 4.74 Å². The summed E-state index contributed by atoms with van der Waals surface area (Å²) in [6, 6.07) is 6.88. The second-order valence-corrected chi connectivity index (χ2v) is 7.29. The molecule has 1 aliphatic rings. The highest BCUT2D eigenvalue weighted by Gasteiger charge is 2.36. The first-order valence-corrected chi connectivity index (χ1v) is 10.6. The molecule has 0 fully saturated rings. The monoisotopic (exact) mass is 428 g/mol. The first-order valence-electron chi connectivity index (χ1n) is 10.6. The number of nitrogens with one attached hydrogen (secondary N) is 1. The summed E-state index contributed by atoms with van der Waals surface area (Å²) in [6.07, 6.45) is 1.91. The van der Waals surface area contributed by atoms with Crippen molar-refractivity contribution in [2.75, 3.05) is 6.61 Å². The van der Waals surface area contributed by atoms with Crippen LogP contribution in [0.1, 0.15) is 63.6 Å². The Bertz CT molecular complexity index is 1100. The third-order valence-corrected chi connectivity index (χ3v) is 5.24. The smallest absolute Gasteiger partial charge is 0.331 e. The molecule has 9 heteroatoms. The van der Waals surface area contributed by atoms with Crippen LogP contribution in [0, 0.1) is 0 Å². The van der Waals surface area contributed by atoms with Gasteiger partial charge in [-0.05, 0) is 19.4 Å². The Hall–Kier alpha value is -3.36. The van der Waals surface area contributed by atoms with E-state index in [0.29, 0.717) is 18.8 Å². The van der Waals surface area contributed by atoms with Gasteiger partial charge >= 0.3 is 5.69 Å². The van der Waals surface area contributed by atoms with E-state index < -0.39 is 23.2 Å². The number of H-pyrrole nitrogens is 1. The Morgan fingerprint density at radius 3 is 2.68 bits per heavy atom. The number of carbonyl (C=O) groups excluding carboxylic acids is 1. The molecule has 2 heterocycles. The van der Waals surface area contributed by atoms with Crippen molar-refractivity contribution >= 4 is 11.6 Å². The van der Waals surface area contributed by atoms with E-state index in [1.807, 2.05) is 38.1 Å². The van der Waals surface area contributed by atoms with Crippen LogP contribution in [0.3, 0.4) is 0 Å². The zero-order chi connectivity index (χ0) is 22.5. The maximum Gasteiger partial charge on any atom is 0.331 e. The van der Waals surface area contributed by atoms with Crippen LogP contribution < -0.4 is 16.0 Å². The number of aromatic amines is 1. The molecule has 1 aromatic heterocycles. The number of para-hydroxylation sites is 1. The summed E-state index contributed by atoms with van der Waals surface area (Å²) >= 11 is 0. The molecule has 1 atom stereocenters. The molecule has 9 nitrogen and oxygen atoms in total. The van der Waals surface area contributed by atoms with Crippen molar-refractivity contribution in [2.24, 2.45) is 5.10 Å². The lowest BCUT2D eigenvalue weighted by Crippen LogP contribution is -2.33. The molecule has 0 bridgehead atoms. The summed E-state index contributed by atoms with van der Waals surface area (Å²) in [5.74, 6) is -0.0171. The van der Waals surface area contributed by atoms with E-state index in [1.54, 1.807) is 6.92 Å². The number of unbranched alkanes of at least 4 members (excludes halogenated alkanes) is 1. The molecule has 0 unspecified atom stereocenters. The Morgan fingerprint density at radius 2 is 2.00 bits per heavy atom. The number of carbonyl (C=O) groups is 1. The van der Waals surface area contributed by atoms with Crippen molar-refractivity contribution in [3.05, 3.63) is 56.2 Å². The fraction of sp³-hybridized carbons (Fsp3) is 0.455. The molecule has 166 valence electrons. The lowest BCUT2D eigenvalue weighted by Gasteiger charge is -2.23. The van der Waals surface area contributed by atoms with Gasteiger partial charge in [0.25, 0.3) is 5.56 Å². The number of aromatic hydroxyl groups is 1. The first kappa shape index (κ1) is 22.3. The van der Waals surface area contributed by atoms with Gasteiger partial charge in [0.05, 0.1) is 18.4 Å². The average Bonchev–Trinajstić information content (AvgIpc) is 3.18. The molecule has 0 aliphatic carbocycles. The molecular weight excluding hydrogens is 400 g/mol. The van der Waals surface area contributed by atoms with Crippen LogP contribution in [0.2, 0.25) is 0 Å². The molecule has 2 aromatic rings. The van der Waals surface area contributed by atoms with Crippen LogP contribution in [0.15, 0.2) is 39.0 Å². The Morgan fingerprint density at radius 1 is 1.26 bits per heavy atom.